The summed E-state index contributed by atoms with van der Waals surface area (Å²) in [5, 5.41) is 21.3. The van der Waals surface area contributed by atoms with Gasteiger partial charge in [-0.3, -0.25) is 9.78 Å². The third-order valence-corrected chi connectivity index (χ3v) is 2.25. The van der Waals surface area contributed by atoms with Crippen LogP contribution in [0.25, 0.3) is 0 Å². The van der Waals surface area contributed by atoms with Crippen molar-refractivity contribution in [3.63, 3.8) is 0 Å². The summed E-state index contributed by atoms with van der Waals surface area (Å²) in [6.45, 7) is 1.78. The lowest BCUT2D eigenvalue weighted by atomic mass is 10.2. The van der Waals surface area contributed by atoms with Gasteiger partial charge in [0, 0.05) is 0 Å². The second kappa shape index (κ2) is 4.70. The minimum Gasteiger partial charge on any atom is -0.508 e. The van der Waals surface area contributed by atoms with Crippen LogP contribution >= 0.6 is 0 Å². The van der Waals surface area contributed by atoms with Gasteiger partial charge in [0.15, 0.2) is 5.82 Å². The molecule has 1 aromatic heterocycles. The molecule has 0 radical (unpaired) electrons. The number of hydrogen-bond acceptors (Lipinski definition) is 5. The molecule has 0 fully saturated rings. The van der Waals surface area contributed by atoms with E-state index in [1.165, 1.54) is 30.6 Å². The third kappa shape index (κ3) is 2.54. The van der Waals surface area contributed by atoms with E-state index in [2.05, 4.69) is 15.3 Å². The summed E-state index contributed by atoms with van der Waals surface area (Å²) in [4.78, 5) is 19.8. The van der Waals surface area contributed by atoms with Crippen LogP contribution in [0.4, 0.5) is 5.82 Å². The number of aromatic hydroxyl groups is 2. The van der Waals surface area contributed by atoms with Crippen molar-refractivity contribution in [2.24, 2.45) is 0 Å². The van der Waals surface area contributed by atoms with Gasteiger partial charge in [0.1, 0.15) is 11.5 Å². The number of amides is 1. The van der Waals surface area contributed by atoms with Crippen molar-refractivity contribution < 1.29 is 15.0 Å². The number of hydrogen-bond donors (Lipinski definition) is 3. The zero-order chi connectivity index (χ0) is 13.1. The minimum absolute atomic E-state index is 0.0302. The molecule has 3 N–H and O–H groups in total. The molecule has 0 aliphatic heterocycles. The Kier molecular flexibility index (Phi) is 3.09. The number of carbonyl (C=O) groups is 1. The average molecular weight is 245 g/mol. The normalized spacial score (nSPS) is 10.1. The van der Waals surface area contributed by atoms with Gasteiger partial charge >= 0.3 is 0 Å². The van der Waals surface area contributed by atoms with Crippen molar-refractivity contribution in [3.8, 4) is 11.5 Å². The number of anilines is 1. The smallest absolute Gasteiger partial charge is 0.260 e. The largest absolute Gasteiger partial charge is 0.508 e. The molecule has 92 valence electrons. The molecule has 0 saturated heterocycles. The van der Waals surface area contributed by atoms with Gasteiger partial charge in [-0.15, -0.1) is 0 Å². The van der Waals surface area contributed by atoms with E-state index in [0.717, 1.165) is 5.69 Å². The van der Waals surface area contributed by atoms with E-state index >= 15 is 0 Å². The van der Waals surface area contributed by atoms with Crippen molar-refractivity contribution in [1.82, 2.24) is 9.97 Å². The number of aromatic nitrogens is 2. The Bertz CT molecular complexity index is 582. The van der Waals surface area contributed by atoms with E-state index in [1.807, 2.05) is 0 Å². The Morgan fingerprint density at radius 3 is 2.67 bits per heavy atom. The highest BCUT2D eigenvalue weighted by atomic mass is 16.3. The van der Waals surface area contributed by atoms with Gasteiger partial charge < -0.3 is 15.5 Å². The summed E-state index contributed by atoms with van der Waals surface area (Å²) in [7, 11) is 0. The first-order chi connectivity index (χ1) is 8.56. The summed E-state index contributed by atoms with van der Waals surface area (Å²) in [6, 6.07) is 3.70. The van der Waals surface area contributed by atoms with Crippen molar-refractivity contribution >= 4 is 11.7 Å². The quantitative estimate of drug-likeness (QED) is 0.696. The maximum atomic E-state index is 11.8. The number of nitrogens with one attached hydrogen (secondary N) is 1. The van der Waals surface area contributed by atoms with Gasteiger partial charge in [-0.2, -0.15) is 0 Å². The topological polar surface area (TPSA) is 95.3 Å². The van der Waals surface area contributed by atoms with Gasteiger partial charge in [-0.1, -0.05) is 0 Å². The maximum absolute atomic E-state index is 11.8. The van der Waals surface area contributed by atoms with Gasteiger partial charge in [0.2, 0.25) is 0 Å². The van der Waals surface area contributed by atoms with E-state index in [9.17, 15) is 15.0 Å². The van der Waals surface area contributed by atoms with Gasteiger partial charge in [-0.05, 0) is 25.1 Å². The van der Waals surface area contributed by atoms with E-state index in [4.69, 9.17) is 0 Å². The molecule has 2 aromatic rings. The molecule has 0 aliphatic carbocycles. The molecule has 2 rings (SSSR count). The summed E-state index contributed by atoms with van der Waals surface area (Å²) in [5.41, 5.74) is 0.700. The summed E-state index contributed by atoms with van der Waals surface area (Å²) in [5.74, 6) is -0.617. The molecular formula is C12H11N3O3. The van der Waals surface area contributed by atoms with E-state index in [1.54, 1.807) is 6.92 Å². The first kappa shape index (κ1) is 11.8. The first-order valence-corrected chi connectivity index (χ1v) is 5.18. The molecule has 0 saturated carbocycles. The Morgan fingerprint density at radius 1 is 1.22 bits per heavy atom. The molecule has 1 aromatic carbocycles. The van der Waals surface area contributed by atoms with Gasteiger partial charge in [0.05, 0.1) is 23.7 Å². The van der Waals surface area contributed by atoms with Crippen molar-refractivity contribution in [3.05, 3.63) is 41.9 Å². The van der Waals surface area contributed by atoms with Crippen LogP contribution in [0.15, 0.2) is 30.6 Å². The molecule has 1 amide bonds. The number of nitrogens with zero attached hydrogens (tertiary/aromatic N) is 2. The molecule has 6 nitrogen and oxygen atoms in total. The zero-order valence-electron chi connectivity index (χ0n) is 9.58. The van der Waals surface area contributed by atoms with Crippen LogP contribution < -0.4 is 5.32 Å². The highest BCUT2D eigenvalue weighted by molar-refractivity contribution is 6.05. The van der Waals surface area contributed by atoms with Crippen LogP contribution in [0.3, 0.4) is 0 Å². The fourth-order valence-electron chi connectivity index (χ4n) is 1.35. The van der Waals surface area contributed by atoms with Crippen LogP contribution in [-0.2, 0) is 0 Å². The monoisotopic (exact) mass is 245 g/mol. The lowest BCUT2D eigenvalue weighted by Gasteiger charge is -2.06. The lowest BCUT2D eigenvalue weighted by Crippen LogP contribution is -2.13. The molecule has 1 heterocycles. The fraction of sp³-hybridized carbons (Fsp3) is 0.0833. The first-order valence-electron chi connectivity index (χ1n) is 5.18. The molecular weight excluding hydrogens is 234 g/mol. The molecule has 0 bridgehead atoms. The summed E-state index contributed by atoms with van der Waals surface area (Å²) >= 11 is 0. The van der Waals surface area contributed by atoms with Crippen LogP contribution in [0.2, 0.25) is 0 Å². The predicted molar refractivity (Wildman–Crippen MR) is 64.5 cm³/mol. The zero-order valence-corrected chi connectivity index (χ0v) is 9.58. The minimum atomic E-state index is -0.568. The standard InChI is InChI=1S/C12H11N3O3/c1-7-5-14-11(6-13-7)15-12(18)9-4-8(16)2-3-10(9)17/h2-6,16-17H,1H3,(H,14,15,18). The molecule has 6 heteroatoms. The molecule has 18 heavy (non-hydrogen) atoms. The average Bonchev–Trinajstić information content (AvgIpc) is 2.35. The third-order valence-electron chi connectivity index (χ3n) is 2.25. The van der Waals surface area contributed by atoms with Crippen molar-refractivity contribution in [2.45, 2.75) is 6.92 Å². The molecule has 0 aliphatic rings. The Labute approximate surface area is 103 Å². The highest BCUT2D eigenvalue weighted by Gasteiger charge is 2.12. The van der Waals surface area contributed by atoms with Crippen molar-refractivity contribution in [1.29, 1.82) is 0 Å². The summed E-state index contributed by atoms with van der Waals surface area (Å²) < 4.78 is 0. The van der Waals surface area contributed by atoms with E-state index < -0.39 is 5.91 Å². The lowest BCUT2D eigenvalue weighted by molar-refractivity contribution is 0.102. The van der Waals surface area contributed by atoms with Crippen LogP contribution in [0.1, 0.15) is 16.1 Å². The van der Waals surface area contributed by atoms with Crippen LogP contribution in [0.5, 0.6) is 11.5 Å². The number of carbonyl (C=O) groups excluding carboxylic acids is 1. The van der Waals surface area contributed by atoms with E-state index in [-0.39, 0.29) is 22.9 Å². The Morgan fingerprint density at radius 2 is 2.00 bits per heavy atom. The number of phenolic OH excluding ortho intramolecular Hbond substituents is 2. The predicted octanol–water partition coefficient (Wildman–Crippen LogP) is 1.45. The second-order valence-electron chi connectivity index (χ2n) is 3.70. The van der Waals surface area contributed by atoms with Gasteiger partial charge in [0.25, 0.3) is 5.91 Å². The van der Waals surface area contributed by atoms with Crippen LogP contribution in [0, 0.1) is 6.92 Å². The number of benzene rings is 1. The van der Waals surface area contributed by atoms with E-state index in [0.29, 0.717) is 0 Å². The highest BCUT2D eigenvalue weighted by Crippen LogP contribution is 2.22. The number of rotatable bonds is 2. The SMILES string of the molecule is Cc1cnc(NC(=O)c2cc(O)ccc2O)cn1. The maximum Gasteiger partial charge on any atom is 0.260 e. The van der Waals surface area contributed by atoms with Crippen LogP contribution in [-0.4, -0.2) is 26.1 Å². The Balaban J connectivity index is 2.21. The number of phenols is 2. The Hall–Kier alpha value is -2.63. The number of aryl methyl sites for hydroxylation is 1. The molecule has 0 unspecified atom stereocenters. The van der Waals surface area contributed by atoms with Crippen molar-refractivity contribution in [2.75, 3.05) is 5.32 Å². The van der Waals surface area contributed by atoms with Gasteiger partial charge in [-0.25, -0.2) is 4.98 Å². The summed E-state index contributed by atoms with van der Waals surface area (Å²) in [6.07, 6.45) is 2.92. The second-order valence-corrected chi connectivity index (χ2v) is 3.70. The molecule has 0 spiro atoms. The fourth-order valence-corrected chi connectivity index (χ4v) is 1.35. The molecule has 0 atom stereocenters.